The molecule has 0 aliphatic carbocycles. The van der Waals surface area contributed by atoms with Gasteiger partial charge in [-0.3, -0.25) is 9.59 Å². The third kappa shape index (κ3) is 4.93. The molecule has 3 N–H and O–H groups in total. The molecule has 25 heavy (non-hydrogen) atoms. The highest BCUT2D eigenvalue weighted by Gasteiger charge is 2.25. The van der Waals surface area contributed by atoms with E-state index in [1.807, 2.05) is 13.8 Å². The first-order chi connectivity index (χ1) is 11.9. The first-order valence-corrected chi connectivity index (χ1v) is 8.15. The number of carbonyl (C=O) groups excluding carboxylic acids is 3. The summed E-state index contributed by atoms with van der Waals surface area (Å²) in [5.41, 5.74) is 1.97. The van der Waals surface area contributed by atoms with E-state index in [9.17, 15) is 14.4 Å². The van der Waals surface area contributed by atoms with Crippen LogP contribution in [-0.2, 0) is 14.3 Å². The average Bonchev–Trinajstić information content (AvgIpc) is 2.73. The van der Waals surface area contributed by atoms with Crippen molar-refractivity contribution in [3.63, 3.8) is 0 Å². The van der Waals surface area contributed by atoms with Crippen LogP contribution in [0.1, 0.15) is 18.9 Å². The maximum Gasteiger partial charge on any atom is 0.322 e. The van der Waals surface area contributed by atoms with Gasteiger partial charge in [-0.05, 0) is 31.5 Å². The zero-order chi connectivity index (χ0) is 18.4. The van der Waals surface area contributed by atoms with Gasteiger partial charge in [-0.1, -0.05) is 6.07 Å². The molecule has 0 radical (unpaired) electrons. The van der Waals surface area contributed by atoms with Crippen LogP contribution in [-0.4, -0.2) is 55.6 Å². The van der Waals surface area contributed by atoms with Gasteiger partial charge in [-0.25, -0.2) is 4.79 Å². The second-order valence-corrected chi connectivity index (χ2v) is 5.99. The normalized spacial score (nSPS) is 17.5. The summed E-state index contributed by atoms with van der Waals surface area (Å²) >= 11 is 0. The molecule has 2 rings (SSSR count). The number of hydrogen-bond acceptors (Lipinski definition) is 4. The third-order valence-corrected chi connectivity index (χ3v) is 4.09. The number of carbonyl (C=O) groups is 3. The van der Waals surface area contributed by atoms with Gasteiger partial charge in [0.05, 0.1) is 0 Å². The van der Waals surface area contributed by atoms with Crippen molar-refractivity contribution in [2.45, 2.75) is 26.3 Å². The van der Waals surface area contributed by atoms with Crippen molar-refractivity contribution in [3.05, 3.63) is 23.8 Å². The van der Waals surface area contributed by atoms with E-state index in [2.05, 4.69) is 16.0 Å². The molecule has 8 nitrogen and oxygen atoms in total. The zero-order valence-electron chi connectivity index (χ0n) is 14.7. The van der Waals surface area contributed by atoms with Crippen LogP contribution in [0.5, 0.6) is 0 Å². The lowest BCUT2D eigenvalue weighted by Gasteiger charge is -2.27. The van der Waals surface area contributed by atoms with Gasteiger partial charge in [-0.2, -0.15) is 0 Å². The molecule has 0 aromatic heterocycles. The van der Waals surface area contributed by atoms with Gasteiger partial charge >= 0.3 is 6.03 Å². The van der Waals surface area contributed by atoms with Crippen molar-refractivity contribution < 1.29 is 19.1 Å². The van der Waals surface area contributed by atoms with E-state index in [-0.39, 0.29) is 36.9 Å². The Labute approximate surface area is 146 Å². The van der Waals surface area contributed by atoms with E-state index in [1.165, 1.54) is 7.11 Å². The van der Waals surface area contributed by atoms with Gasteiger partial charge in [0.25, 0.3) is 0 Å². The monoisotopic (exact) mass is 348 g/mol. The van der Waals surface area contributed by atoms with Gasteiger partial charge in [0.2, 0.25) is 11.8 Å². The van der Waals surface area contributed by atoms with Gasteiger partial charge in [0.1, 0.15) is 6.61 Å². The number of amides is 4. The Morgan fingerprint density at radius 1 is 1.32 bits per heavy atom. The first kappa shape index (κ1) is 18.7. The summed E-state index contributed by atoms with van der Waals surface area (Å²) < 4.78 is 4.80. The second kappa shape index (κ2) is 8.48. The summed E-state index contributed by atoms with van der Waals surface area (Å²) in [6, 6.07) is 4.91. The topological polar surface area (TPSA) is 99.8 Å². The third-order valence-electron chi connectivity index (χ3n) is 4.09. The summed E-state index contributed by atoms with van der Waals surface area (Å²) in [6.07, 6.45) is 0.282. The predicted octanol–water partition coefficient (Wildman–Crippen LogP) is 1.32. The average molecular weight is 348 g/mol. The molecule has 4 amide bonds. The number of urea groups is 1. The molecule has 1 atom stereocenters. The summed E-state index contributed by atoms with van der Waals surface area (Å²) in [6.45, 7) is 4.46. The van der Waals surface area contributed by atoms with E-state index >= 15 is 0 Å². The molecule has 1 aromatic carbocycles. The van der Waals surface area contributed by atoms with E-state index in [1.54, 1.807) is 23.1 Å². The van der Waals surface area contributed by atoms with Crippen LogP contribution in [0.15, 0.2) is 18.2 Å². The van der Waals surface area contributed by atoms with Crippen molar-refractivity contribution >= 4 is 29.2 Å². The number of anilines is 2. The predicted molar refractivity (Wildman–Crippen MR) is 94.5 cm³/mol. The van der Waals surface area contributed by atoms with E-state index in [0.717, 1.165) is 5.56 Å². The number of nitrogens with zero attached hydrogens (tertiary/aromatic N) is 1. The highest BCUT2D eigenvalue weighted by atomic mass is 16.5. The molecule has 1 aliphatic heterocycles. The number of nitrogens with one attached hydrogen (secondary N) is 3. The van der Waals surface area contributed by atoms with Crippen LogP contribution in [0.25, 0.3) is 0 Å². The van der Waals surface area contributed by atoms with Crippen LogP contribution < -0.4 is 16.0 Å². The molecule has 1 aliphatic rings. The van der Waals surface area contributed by atoms with Crippen molar-refractivity contribution in [1.29, 1.82) is 0 Å². The molecule has 1 heterocycles. The lowest BCUT2D eigenvalue weighted by Crippen LogP contribution is -2.44. The maximum absolute atomic E-state index is 12.6. The Balaban J connectivity index is 2.10. The van der Waals surface area contributed by atoms with Gasteiger partial charge in [-0.15, -0.1) is 0 Å². The molecule has 0 bridgehead atoms. The van der Waals surface area contributed by atoms with Gasteiger partial charge in [0, 0.05) is 44.0 Å². The standard InChI is InChI=1S/C17H24N4O4/c1-11-9-18-15(22)7-8-21(11)17(24)20-14-6-4-5-13(12(14)2)19-16(23)10-25-3/h4-6,11H,7-10H2,1-3H3,(H,18,22)(H,19,23)(H,20,24)/t11-/m1/s1. The summed E-state index contributed by atoms with van der Waals surface area (Å²) in [5, 5.41) is 8.39. The largest absolute Gasteiger partial charge is 0.375 e. The van der Waals surface area contributed by atoms with Crippen molar-refractivity contribution in [2.75, 3.05) is 37.4 Å². The summed E-state index contributed by atoms with van der Waals surface area (Å²) in [5.74, 6) is -0.319. The van der Waals surface area contributed by atoms with Gasteiger partial charge < -0.3 is 25.6 Å². The molecular formula is C17H24N4O4. The quantitative estimate of drug-likeness (QED) is 0.764. The number of hydrogen-bond donors (Lipinski definition) is 3. The molecule has 1 fully saturated rings. The molecule has 1 saturated heterocycles. The Morgan fingerprint density at radius 2 is 2.00 bits per heavy atom. The van der Waals surface area contributed by atoms with Crippen molar-refractivity contribution in [3.8, 4) is 0 Å². The van der Waals surface area contributed by atoms with Crippen LogP contribution in [0.2, 0.25) is 0 Å². The molecule has 0 spiro atoms. The summed E-state index contributed by atoms with van der Waals surface area (Å²) in [4.78, 5) is 37.4. The van der Waals surface area contributed by atoms with E-state index < -0.39 is 0 Å². The van der Waals surface area contributed by atoms with Crippen LogP contribution in [0, 0.1) is 6.92 Å². The minimum Gasteiger partial charge on any atom is -0.375 e. The highest BCUT2D eigenvalue weighted by Crippen LogP contribution is 2.24. The van der Waals surface area contributed by atoms with Crippen LogP contribution in [0.4, 0.5) is 16.2 Å². The number of ether oxygens (including phenoxy) is 1. The van der Waals surface area contributed by atoms with Gasteiger partial charge in [0.15, 0.2) is 0 Å². The van der Waals surface area contributed by atoms with Crippen molar-refractivity contribution in [1.82, 2.24) is 10.2 Å². The van der Waals surface area contributed by atoms with Crippen molar-refractivity contribution in [2.24, 2.45) is 0 Å². The molecule has 1 aromatic rings. The lowest BCUT2D eigenvalue weighted by atomic mass is 10.1. The number of rotatable bonds is 4. The molecule has 0 unspecified atom stereocenters. The van der Waals surface area contributed by atoms with Crippen LogP contribution in [0.3, 0.4) is 0 Å². The minimum absolute atomic E-state index is 0.0393. The molecule has 8 heteroatoms. The highest BCUT2D eigenvalue weighted by molar-refractivity contribution is 5.96. The lowest BCUT2D eigenvalue weighted by molar-refractivity contribution is -0.121. The SMILES string of the molecule is COCC(=O)Nc1cccc(NC(=O)N2CCC(=O)NC[C@H]2C)c1C. The number of methoxy groups -OCH3 is 1. The Bertz CT molecular complexity index is 662. The molecular weight excluding hydrogens is 324 g/mol. The fourth-order valence-corrected chi connectivity index (χ4v) is 2.62. The second-order valence-electron chi connectivity index (χ2n) is 5.99. The fraction of sp³-hybridized carbons (Fsp3) is 0.471. The number of benzene rings is 1. The van der Waals surface area contributed by atoms with Crippen LogP contribution >= 0.6 is 0 Å². The van der Waals surface area contributed by atoms with E-state index in [0.29, 0.717) is 24.5 Å². The zero-order valence-corrected chi connectivity index (χ0v) is 14.7. The first-order valence-electron chi connectivity index (χ1n) is 8.15. The molecule has 0 saturated carbocycles. The Hall–Kier alpha value is -2.61. The fourth-order valence-electron chi connectivity index (χ4n) is 2.62. The Morgan fingerprint density at radius 3 is 2.68 bits per heavy atom. The Kier molecular flexibility index (Phi) is 6.35. The minimum atomic E-state index is -0.271. The molecule has 136 valence electrons. The van der Waals surface area contributed by atoms with E-state index in [4.69, 9.17) is 4.74 Å². The maximum atomic E-state index is 12.6. The smallest absolute Gasteiger partial charge is 0.322 e. The summed E-state index contributed by atoms with van der Waals surface area (Å²) in [7, 11) is 1.45.